The van der Waals surface area contributed by atoms with Gasteiger partial charge in [0, 0.05) is 6.54 Å². The number of nitrogens with zero attached hydrogens (tertiary/aromatic N) is 1. The second-order valence-corrected chi connectivity index (χ2v) is 5.25. The third-order valence-electron chi connectivity index (χ3n) is 4.09. The van der Waals surface area contributed by atoms with Crippen LogP contribution in [0.15, 0.2) is 24.3 Å². The lowest BCUT2D eigenvalue weighted by Crippen LogP contribution is -2.46. The van der Waals surface area contributed by atoms with Gasteiger partial charge in [-0.1, -0.05) is 25.0 Å². The van der Waals surface area contributed by atoms with Gasteiger partial charge in [-0.3, -0.25) is 10.1 Å². The molecule has 3 rings (SSSR count). The summed E-state index contributed by atoms with van der Waals surface area (Å²) in [5.74, 6) is -0.000873. The number of aromatic hydroxyl groups is 1. The molecule has 19 heavy (non-hydrogen) atoms. The lowest BCUT2D eigenvalue weighted by molar-refractivity contribution is -0.126. The van der Waals surface area contributed by atoms with E-state index in [0.29, 0.717) is 6.54 Å². The average molecular weight is 260 g/mol. The molecule has 1 spiro atoms. The molecule has 0 atom stereocenters. The summed E-state index contributed by atoms with van der Waals surface area (Å²) >= 11 is 0. The zero-order valence-corrected chi connectivity index (χ0v) is 10.6. The molecule has 5 nitrogen and oxygen atoms in total. The van der Waals surface area contributed by atoms with Crippen LogP contribution < -0.4 is 5.32 Å². The molecule has 1 aliphatic carbocycles. The van der Waals surface area contributed by atoms with Crippen LogP contribution in [0.2, 0.25) is 0 Å². The average Bonchev–Trinajstić information content (AvgIpc) is 2.93. The van der Waals surface area contributed by atoms with Gasteiger partial charge in [0.15, 0.2) is 0 Å². The molecular weight excluding hydrogens is 244 g/mol. The Hall–Kier alpha value is -2.04. The highest BCUT2D eigenvalue weighted by Gasteiger charge is 2.53. The number of imide groups is 1. The van der Waals surface area contributed by atoms with Gasteiger partial charge in [-0.05, 0) is 30.5 Å². The van der Waals surface area contributed by atoms with Crippen molar-refractivity contribution in [3.05, 3.63) is 29.8 Å². The topological polar surface area (TPSA) is 69.6 Å². The van der Waals surface area contributed by atoms with Crippen LogP contribution in [0.5, 0.6) is 5.75 Å². The van der Waals surface area contributed by atoms with E-state index < -0.39 is 5.54 Å². The van der Waals surface area contributed by atoms with E-state index in [1.807, 2.05) is 6.07 Å². The van der Waals surface area contributed by atoms with E-state index in [0.717, 1.165) is 31.2 Å². The number of urea groups is 1. The first-order chi connectivity index (χ1) is 9.12. The quantitative estimate of drug-likeness (QED) is 0.796. The molecule has 2 fully saturated rings. The van der Waals surface area contributed by atoms with Crippen LogP contribution in [0.4, 0.5) is 4.79 Å². The monoisotopic (exact) mass is 260 g/mol. The van der Waals surface area contributed by atoms with Gasteiger partial charge in [0.1, 0.15) is 11.3 Å². The molecule has 2 aliphatic rings. The van der Waals surface area contributed by atoms with Crippen LogP contribution in [0.3, 0.4) is 0 Å². The first-order valence-corrected chi connectivity index (χ1v) is 6.53. The summed E-state index contributed by atoms with van der Waals surface area (Å²) in [6.07, 6.45) is 3.39. The molecule has 1 aromatic carbocycles. The molecule has 2 N–H and O–H groups in total. The standard InChI is InChI=1S/C14H16N2O3/c17-11-5-3-4-10(8-11)9-16-13(19)15-12(18)14(16)6-1-2-7-14/h3-5,8,17H,1-2,6-7,9H2,(H,15,18,19). The van der Waals surface area contributed by atoms with Crippen LogP contribution in [-0.4, -0.2) is 27.5 Å². The second-order valence-electron chi connectivity index (χ2n) is 5.25. The fourth-order valence-corrected chi connectivity index (χ4v) is 3.12. The van der Waals surface area contributed by atoms with E-state index in [1.165, 1.54) is 0 Å². The summed E-state index contributed by atoms with van der Waals surface area (Å²) in [6.45, 7) is 0.353. The van der Waals surface area contributed by atoms with E-state index in [2.05, 4.69) is 5.32 Å². The number of hydrogen-bond donors (Lipinski definition) is 2. The van der Waals surface area contributed by atoms with E-state index in [9.17, 15) is 14.7 Å². The number of phenols is 1. The predicted octanol–water partition coefficient (Wildman–Crippen LogP) is 1.76. The Morgan fingerprint density at radius 1 is 1.26 bits per heavy atom. The van der Waals surface area contributed by atoms with Crippen LogP contribution in [0.1, 0.15) is 31.2 Å². The summed E-state index contributed by atoms with van der Waals surface area (Å²) < 4.78 is 0. The van der Waals surface area contributed by atoms with Crippen molar-refractivity contribution in [2.45, 2.75) is 37.8 Å². The fourth-order valence-electron chi connectivity index (χ4n) is 3.12. The lowest BCUT2D eigenvalue weighted by atomic mass is 9.95. The van der Waals surface area contributed by atoms with Gasteiger partial charge >= 0.3 is 6.03 Å². The Labute approximate surface area is 111 Å². The number of nitrogens with one attached hydrogen (secondary N) is 1. The molecule has 1 aromatic rings. The SMILES string of the molecule is O=C1NC(=O)C2(CCCC2)N1Cc1cccc(O)c1. The second kappa shape index (κ2) is 4.26. The highest BCUT2D eigenvalue weighted by molar-refractivity contribution is 6.07. The number of phenolic OH excluding ortho intramolecular Hbond substituents is 1. The maximum atomic E-state index is 12.1. The normalized spacial score (nSPS) is 21.2. The molecule has 1 heterocycles. The highest BCUT2D eigenvalue weighted by atomic mass is 16.3. The summed E-state index contributed by atoms with van der Waals surface area (Å²) in [6, 6.07) is 6.47. The van der Waals surface area contributed by atoms with Gasteiger partial charge in [-0.25, -0.2) is 4.79 Å². The van der Waals surface area contributed by atoms with Crippen LogP contribution in [-0.2, 0) is 11.3 Å². The summed E-state index contributed by atoms with van der Waals surface area (Å²) in [5.41, 5.74) is 0.166. The van der Waals surface area contributed by atoms with Crippen molar-refractivity contribution in [1.82, 2.24) is 10.2 Å². The van der Waals surface area contributed by atoms with Crippen molar-refractivity contribution < 1.29 is 14.7 Å². The van der Waals surface area contributed by atoms with E-state index in [-0.39, 0.29) is 17.7 Å². The maximum Gasteiger partial charge on any atom is 0.325 e. The molecule has 0 aromatic heterocycles. The Morgan fingerprint density at radius 3 is 2.68 bits per heavy atom. The van der Waals surface area contributed by atoms with Crippen molar-refractivity contribution in [2.75, 3.05) is 0 Å². The zero-order valence-electron chi connectivity index (χ0n) is 10.6. The van der Waals surface area contributed by atoms with Gasteiger partial charge < -0.3 is 10.0 Å². The van der Waals surface area contributed by atoms with Gasteiger partial charge in [0.2, 0.25) is 0 Å². The fraction of sp³-hybridized carbons (Fsp3) is 0.429. The van der Waals surface area contributed by atoms with Crippen LogP contribution >= 0.6 is 0 Å². The summed E-state index contributed by atoms with van der Waals surface area (Å²) in [4.78, 5) is 25.6. The van der Waals surface area contributed by atoms with Gasteiger partial charge in [-0.15, -0.1) is 0 Å². The molecule has 1 saturated heterocycles. The molecule has 0 unspecified atom stereocenters. The number of amides is 3. The van der Waals surface area contributed by atoms with Crippen molar-refractivity contribution in [3.63, 3.8) is 0 Å². The summed E-state index contributed by atoms with van der Waals surface area (Å²) in [7, 11) is 0. The molecule has 3 amide bonds. The molecule has 1 saturated carbocycles. The van der Waals surface area contributed by atoms with Gasteiger partial charge in [0.25, 0.3) is 5.91 Å². The number of carbonyl (C=O) groups is 2. The lowest BCUT2D eigenvalue weighted by Gasteiger charge is -2.31. The van der Waals surface area contributed by atoms with E-state index in [4.69, 9.17) is 0 Å². The Bertz CT molecular complexity index is 535. The minimum Gasteiger partial charge on any atom is -0.508 e. The van der Waals surface area contributed by atoms with Crippen molar-refractivity contribution >= 4 is 11.9 Å². The Balaban J connectivity index is 1.90. The number of hydrogen-bond acceptors (Lipinski definition) is 3. The van der Waals surface area contributed by atoms with E-state index >= 15 is 0 Å². The predicted molar refractivity (Wildman–Crippen MR) is 68.4 cm³/mol. The molecule has 0 radical (unpaired) electrons. The number of benzene rings is 1. The minimum atomic E-state index is -0.664. The van der Waals surface area contributed by atoms with Crippen molar-refractivity contribution in [1.29, 1.82) is 0 Å². The van der Waals surface area contributed by atoms with Gasteiger partial charge in [-0.2, -0.15) is 0 Å². The largest absolute Gasteiger partial charge is 0.508 e. The molecule has 5 heteroatoms. The maximum absolute atomic E-state index is 12.1. The number of carbonyl (C=O) groups excluding carboxylic acids is 2. The van der Waals surface area contributed by atoms with Crippen LogP contribution in [0.25, 0.3) is 0 Å². The Morgan fingerprint density at radius 2 is 2.00 bits per heavy atom. The molecular formula is C14H16N2O3. The molecule has 100 valence electrons. The zero-order chi connectivity index (χ0) is 13.5. The Kier molecular flexibility index (Phi) is 2.69. The van der Waals surface area contributed by atoms with Crippen molar-refractivity contribution in [3.8, 4) is 5.75 Å². The first-order valence-electron chi connectivity index (χ1n) is 6.53. The third-order valence-corrected chi connectivity index (χ3v) is 4.09. The van der Waals surface area contributed by atoms with Gasteiger partial charge in [0.05, 0.1) is 0 Å². The van der Waals surface area contributed by atoms with E-state index in [1.54, 1.807) is 23.1 Å². The first kappa shape index (κ1) is 12.0. The number of rotatable bonds is 2. The van der Waals surface area contributed by atoms with Crippen LogP contribution in [0, 0.1) is 0 Å². The smallest absolute Gasteiger partial charge is 0.325 e. The highest BCUT2D eigenvalue weighted by Crippen LogP contribution is 2.39. The third kappa shape index (κ3) is 1.85. The summed E-state index contributed by atoms with van der Waals surface area (Å²) in [5, 5.41) is 11.9. The minimum absolute atomic E-state index is 0.170. The van der Waals surface area contributed by atoms with Crippen molar-refractivity contribution in [2.24, 2.45) is 0 Å². The molecule has 0 bridgehead atoms. The molecule has 1 aliphatic heterocycles.